The van der Waals surface area contributed by atoms with Crippen LogP contribution in [0.5, 0.6) is 11.5 Å². The third-order valence-corrected chi connectivity index (χ3v) is 5.63. The van der Waals surface area contributed by atoms with Gasteiger partial charge in [0.25, 0.3) is 5.91 Å². The average Bonchev–Trinajstić information content (AvgIpc) is 2.98. The Bertz CT molecular complexity index is 1200. The van der Waals surface area contributed by atoms with Crippen LogP contribution in [0.25, 0.3) is 11.0 Å². The summed E-state index contributed by atoms with van der Waals surface area (Å²) in [5.41, 5.74) is 1.26. The molecule has 0 fully saturated rings. The molecule has 0 spiro atoms. The number of fused-ring (bicyclic) bond motifs is 2. The molecule has 4 rings (SSSR count). The molecule has 30 heavy (non-hydrogen) atoms. The fraction of sp³-hybridized carbons (Fsp3) is 0.304. The first-order valence-electron chi connectivity index (χ1n) is 9.66. The van der Waals surface area contributed by atoms with E-state index in [1.807, 2.05) is 18.2 Å². The van der Waals surface area contributed by atoms with Crippen molar-refractivity contribution in [3.05, 3.63) is 68.0 Å². The first kappa shape index (κ1) is 20.5. The number of methoxy groups -OCH3 is 1. The number of rotatable bonds is 5. The predicted octanol–water partition coefficient (Wildman–Crippen LogP) is 4.77. The van der Waals surface area contributed by atoms with Crippen molar-refractivity contribution < 1.29 is 18.7 Å². The predicted molar refractivity (Wildman–Crippen MR) is 117 cm³/mol. The SMILES string of the molecule is COc1cc(C2c3c(oc4ccc(Br)cc4c3=O)C(=O)N2C)ccc1OCC(C)C. The fourth-order valence-corrected chi connectivity index (χ4v) is 4.04. The number of amides is 1. The van der Waals surface area contributed by atoms with E-state index in [-0.39, 0.29) is 17.1 Å². The smallest absolute Gasteiger partial charge is 0.290 e. The zero-order valence-corrected chi connectivity index (χ0v) is 18.8. The Morgan fingerprint density at radius 3 is 2.60 bits per heavy atom. The van der Waals surface area contributed by atoms with Crippen LogP contribution in [0.15, 0.2) is 50.1 Å². The monoisotopic (exact) mass is 471 g/mol. The van der Waals surface area contributed by atoms with Crippen LogP contribution < -0.4 is 14.9 Å². The molecule has 1 aliphatic rings. The van der Waals surface area contributed by atoms with Crippen LogP contribution in [0.4, 0.5) is 0 Å². The summed E-state index contributed by atoms with van der Waals surface area (Å²) in [6, 6.07) is 10.1. The van der Waals surface area contributed by atoms with Crippen molar-refractivity contribution in [1.82, 2.24) is 4.90 Å². The quantitative estimate of drug-likeness (QED) is 0.535. The van der Waals surface area contributed by atoms with E-state index in [0.717, 1.165) is 10.0 Å². The zero-order valence-electron chi connectivity index (χ0n) is 17.2. The summed E-state index contributed by atoms with van der Waals surface area (Å²) in [6.45, 7) is 4.70. The highest BCUT2D eigenvalue weighted by Crippen LogP contribution is 2.40. The van der Waals surface area contributed by atoms with Gasteiger partial charge in [-0.05, 0) is 41.8 Å². The van der Waals surface area contributed by atoms with Crippen LogP contribution in [0.3, 0.4) is 0 Å². The van der Waals surface area contributed by atoms with Gasteiger partial charge in [0.1, 0.15) is 5.58 Å². The molecule has 2 aromatic carbocycles. The summed E-state index contributed by atoms with van der Waals surface area (Å²) in [5, 5.41) is 0.431. The van der Waals surface area contributed by atoms with Gasteiger partial charge < -0.3 is 18.8 Å². The van der Waals surface area contributed by atoms with Crippen LogP contribution >= 0.6 is 15.9 Å². The number of benzene rings is 2. The zero-order chi connectivity index (χ0) is 21.6. The topological polar surface area (TPSA) is 69.0 Å². The number of carbonyl (C=O) groups excluding carboxylic acids is 1. The molecule has 3 aromatic rings. The third kappa shape index (κ3) is 3.37. The molecule has 0 bridgehead atoms. The van der Waals surface area contributed by atoms with E-state index >= 15 is 0 Å². The van der Waals surface area contributed by atoms with Crippen molar-refractivity contribution in [2.75, 3.05) is 20.8 Å². The number of carbonyl (C=O) groups is 1. The summed E-state index contributed by atoms with van der Waals surface area (Å²) in [7, 11) is 3.23. The molecule has 1 aliphatic heterocycles. The molecule has 1 aromatic heterocycles. The summed E-state index contributed by atoms with van der Waals surface area (Å²) in [4.78, 5) is 27.7. The van der Waals surface area contributed by atoms with Gasteiger partial charge >= 0.3 is 0 Å². The molecule has 156 valence electrons. The Hall–Kier alpha value is -2.80. The molecular formula is C23H22BrNO5. The second kappa shape index (κ2) is 7.80. The largest absolute Gasteiger partial charge is 0.493 e. The Morgan fingerprint density at radius 2 is 1.90 bits per heavy atom. The van der Waals surface area contributed by atoms with Crippen molar-refractivity contribution in [3.8, 4) is 11.5 Å². The minimum Gasteiger partial charge on any atom is -0.493 e. The van der Waals surface area contributed by atoms with Crippen LogP contribution in [0.2, 0.25) is 0 Å². The molecule has 1 atom stereocenters. The van der Waals surface area contributed by atoms with Gasteiger partial charge in [0, 0.05) is 11.5 Å². The lowest BCUT2D eigenvalue weighted by Gasteiger charge is -2.22. The van der Waals surface area contributed by atoms with Crippen molar-refractivity contribution >= 4 is 32.8 Å². The molecule has 6 nitrogen and oxygen atoms in total. The van der Waals surface area contributed by atoms with E-state index in [1.54, 1.807) is 32.4 Å². The molecule has 0 saturated carbocycles. The average molecular weight is 472 g/mol. The fourth-order valence-electron chi connectivity index (χ4n) is 3.68. The van der Waals surface area contributed by atoms with E-state index in [1.165, 1.54) is 4.90 Å². The van der Waals surface area contributed by atoms with Crippen LogP contribution in [0.1, 0.15) is 41.6 Å². The van der Waals surface area contributed by atoms with Crippen LogP contribution in [-0.4, -0.2) is 31.6 Å². The standard InChI is InChI=1S/C23H22BrNO5/c1-12(2)11-29-17-7-5-13(9-18(17)28-4)20-19-21(26)15-10-14(24)6-8-16(15)30-22(19)23(27)25(20)3/h5-10,12,20H,11H2,1-4H3. The highest BCUT2D eigenvalue weighted by molar-refractivity contribution is 9.10. The third-order valence-electron chi connectivity index (χ3n) is 5.14. The highest BCUT2D eigenvalue weighted by Gasteiger charge is 2.41. The number of nitrogens with zero attached hydrogens (tertiary/aromatic N) is 1. The van der Waals surface area contributed by atoms with Crippen LogP contribution in [-0.2, 0) is 0 Å². The maximum atomic E-state index is 13.3. The van der Waals surface area contributed by atoms with Gasteiger partial charge in [0.2, 0.25) is 5.76 Å². The molecule has 2 heterocycles. The number of hydrogen-bond donors (Lipinski definition) is 0. The van der Waals surface area contributed by atoms with Crippen molar-refractivity contribution in [2.45, 2.75) is 19.9 Å². The number of halogens is 1. The molecule has 0 aliphatic carbocycles. The molecule has 1 amide bonds. The van der Waals surface area contributed by atoms with Gasteiger partial charge in [-0.25, -0.2) is 0 Å². The molecule has 1 unspecified atom stereocenters. The Balaban J connectivity index is 1.85. The van der Waals surface area contributed by atoms with E-state index in [9.17, 15) is 9.59 Å². The van der Waals surface area contributed by atoms with Crippen molar-refractivity contribution in [2.24, 2.45) is 5.92 Å². The van der Waals surface area contributed by atoms with E-state index < -0.39 is 6.04 Å². The van der Waals surface area contributed by atoms with Gasteiger partial charge in [0.05, 0.1) is 30.7 Å². The molecule has 0 radical (unpaired) electrons. The first-order valence-corrected chi connectivity index (χ1v) is 10.4. The lowest BCUT2D eigenvalue weighted by molar-refractivity contribution is 0.0771. The number of ether oxygens (including phenoxy) is 2. The van der Waals surface area contributed by atoms with Gasteiger partial charge in [-0.2, -0.15) is 0 Å². The van der Waals surface area contributed by atoms with Crippen molar-refractivity contribution in [1.29, 1.82) is 0 Å². The lowest BCUT2D eigenvalue weighted by Crippen LogP contribution is -2.25. The Morgan fingerprint density at radius 1 is 1.13 bits per heavy atom. The van der Waals surface area contributed by atoms with Gasteiger partial charge in [-0.1, -0.05) is 35.8 Å². The number of hydrogen-bond acceptors (Lipinski definition) is 5. The van der Waals surface area contributed by atoms with Crippen molar-refractivity contribution in [3.63, 3.8) is 0 Å². The maximum absolute atomic E-state index is 13.3. The minimum atomic E-state index is -0.569. The molecule has 0 N–H and O–H groups in total. The van der Waals surface area contributed by atoms with E-state index in [4.69, 9.17) is 13.9 Å². The summed E-state index contributed by atoms with van der Waals surface area (Å²) in [6.07, 6.45) is 0. The van der Waals surface area contributed by atoms with Gasteiger partial charge in [-0.3, -0.25) is 9.59 Å². The van der Waals surface area contributed by atoms with E-state index in [0.29, 0.717) is 40.6 Å². The van der Waals surface area contributed by atoms with Gasteiger partial charge in [0.15, 0.2) is 16.9 Å². The highest BCUT2D eigenvalue weighted by atomic mass is 79.9. The maximum Gasteiger partial charge on any atom is 0.290 e. The summed E-state index contributed by atoms with van der Waals surface area (Å²) < 4.78 is 18.0. The second-order valence-electron chi connectivity index (χ2n) is 7.75. The second-order valence-corrected chi connectivity index (χ2v) is 8.66. The molecule has 0 saturated heterocycles. The normalized spacial score (nSPS) is 15.7. The van der Waals surface area contributed by atoms with Crippen LogP contribution in [0, 0.1) is 5.92 Å². The minimum absolute atomic E-state index is 0.0847. The molecule has 7 heteroatoms. The lowest BCUT2D eigenvalue weighted by atomic mass is 9.98. The Labute approximate surface area is 182 Å². The van der Waals surface area contributed by atoms with Gasteiger partial charge in [-0.15, -0.1) is 0 Å². The summed E-state index contributed by atoms with van der Waals surface area (Å²) in [5.74, 6) is 1.31. The van der Waals surface area contributed by atoms with E-state index in [2.05, 4.69) is 29.8 Å². The Kier molecular flexibility index (Phi) is 5.32. The molecular weight excluding hydrogens is 450 g/mol. The summed E-state index contributed by atoms with van der Waals surface area (Å²) >= 11 is 3.39. The first-order chi connectivity index (χ1) is 14.3.